The number of benzene rings is 1. The number of nitrogens with zero attached hydrogens (tertiary/aromatic N) is 1. The molecule has 1 heterocycles. The Kier molecular flexibility index (Phi) is 4.46. The van der Waals surface area contributed by atoms with Crippen molar-refractivity contribution in [3.05, 3.63) is 39.8 Å². The van der Waals surface area contributed by atoms with E-state index in [4.69, 9.17) is 11.6 Å². The van der Waals surface area contributed by atoms with Gasteiger partial charge in [-0.05, 0) is 29.5 Å². The summed E-state index contributed by atoms with van der Waals surface area (Å²) in [7, 11) is 1.20. The number of rotatable bonds is 3. The number of hydrogen-bond acceptors (Lipinski definition) is 5. The lowest BCUT2D eigenvalue weighted by atomic mass is 10.2. The van der Waals surface area contributed by atoms with E-state index in [1.165, 1.54) is 13.2 Å². The van der Waals surface area contributed by atoms with E-state index < -0.39 is 17.1 Å². The van der Waals surface area contributed by atoms with E-state index in [2.05, 4.69) is 4.74 Å². The molecule has 2 amide bonds. The number of amides is 2. The van der Waals surface area contributed by atoms with Crippen molar-refractivity contribution in [3.63, 3.8) is 0 Å². The van der Waals surface area contributed by atoms with Crippen molar-refractivity contribution in [1.82, 2.24) is 4.90 Å². The molecule has 1 saturated heterocycles. The molecular formula is C13H10ClNO4S. The molecule has 1 aliphatic heterocycles. The first-order valence-corrected chi connectivity index (χ1v) is 6.79. The quantitative estimate of drug-likeness (QED) is 0.634. The van der Waals surface area contributed by atoms with Crippen LogP contribution in [0, 0.1) is 0 Å². The SMILES string of the molecule is COC(=O)CN1C(=O)SC(=Cc2ccccc2Cl)C1=O. The highest BCUT2D eigenvalue weighted by Crippen LogP contribution is 2.33. The molecule has 1 fully saturated rings. The number of methoxy groups -OCH3 is 1. The van der Waals surface area contributed by atoms with Crippen molar-refractivity contribution < 1.29 is 19.1 Å². The van der Waals surface area contributed by atoms with Gasteiger partial charge in [-0.1, -0.05) is 29.8 Å². The molecule has 7 heteroatoms. The maximum Gasteiger partial charge on any atom is 0.325 e. The fraction of sp³-hybridized carbons (Fsp3) is 0.154. The Morgan fingerprint density at radius 1 is 1.40 bits per heavy atom. The molecule has 1 aromatic rings. The fourth-order valence-electron chi connectivity index (χ4n) is 1.56. The van der Waals surface area contributed by atoms with Crippen LogP contribution in [0.4, 0.5) is 4.79 Å². The molecule has 0 aliphatic carbocycles. The molecule has 0 N–H and O–H groups in total. The van der Waals surface area contributed by atoms with Gasteiger partial charge in [0.1, 0.15) is 6.54 Å². The molecule has 0 radical (unpaired) electrons. The van der Waals surface area contributed by atoms with Crippen LogP contribution in [0.3, 0.4) is 0 Å². The highest BCUT2D eigenvalue weighted by atomic mass is 35.5. The van der Waals surface area contributed by atoms with E-state index >= 15 is 0 Å². The van der Waals surface area contributed by atoms with Crippen molar-refractivity contribution in [3.8, 4) is 0 Å². The summed E-state index contributed by atoms with van der Waals surface area (Å²) in [5, 5.41) is -0.0222. The van der Waals surface area contributed by atoms with Crippen LogP contribution in [0.25, 0.3) is 6.08 Å². The predicted molar refractivity (Wildman–Crippen MR) is 76.1 cm³/mol. The van der Waals surface area contributed by atoms with Gasteiger partial charge in [0.15, 0.2) is 0 Å². The molecule has 1 aliphatic rings. The lowest BCUT2D eigenvalue weighted by Crippen LogP contribution is -2.34. The summed E-state index contributed by atoms with van der Waals surface area (Å²) in [5.74, 6) is -1.17. The second kappa shape index (κ2) is 6.11. The maximum atomic E-state index is 12.0. The number of imide groups is 1. The number of hydrogen-bond donors (Lipinski definition) is 0. The standard InChI is InChI=1S/C13H10ClNO4S/c1-19-11(16)7-15-12(17)10(20-13(15)18)6-8-4-2-3-5-9(8)14/h2-6H,7H2,1H3. The zero-order valence-electron chi connectivity index (χ0n) is 10.5. The highest BCUT2D eigenvalue weighted by Gasteiger charge is 2.36. The number of carbonyl (C=O) groups is 3. The van der Waals surface area contributed by atoms with Gasteiger partial charge in [-0.25, -0.2) is 0 Å². The summed E-state index contributed by atoms with van der Waals surface area (Å²) >= 11 is 6.76. The van der Waals surface area contributed by atoms with Crippen molar-refractivity contribution in [1.29, 1.82) is 0 Å². The number of halogens is 1. The van der Waals surface area contributed by atoms with E-state index in [0.717, 1.165) is 16.7 Å². The summed E-state index contributed by atoms with van der Waals surface area (Å²) < 4.78 is 4.45. The normalized spacial score (nSPS) is 16.9. The van der Waals surface area contributed by atoms with Gasteiger partial charge in [-0.3, -0.25) is 19.3 Å². The highest BCUT2D eigenvalue weighted by molar-refractivity contribution is 8.18. The predicted octanol–water partition coefficient (Wildman–Crippen LogP) is 2.55. The zero-order valence-corrected chi connectivity index (χ0v) is 12.0. The Balaban J connectivity index is 2.24. The molecule has 1 aromatic carbocycles. The van der Waals surface area contributed by atoms with Crippen LogP contribution in [-0.2, 0) is 14.3 Å². The van der Waals surface area contributed by atoms with Gasteiger partial charge in [-0.2, -0.15) is 0 Å². The Morgan fingerprint density at radius 3 is 2.75 bits per heavy atom. The zero-order chi connectivity index (χ0) is 14.7. The summed E-state index contributed by atoms with van der Waals surface area (Å²) in [6.45, 7) is -0.388. The van der Waals surface area contributed by atoms with E-state index in [9.17, 15) is 14.4 Å². The molecule has 104 valence electrons. The average molecular weight is 312 g/mol. The lowest BCUT2D eigenvalue weighted by molar-refractivity contribution is -0.143. The van der Waals surface area contributed by atoms with Crippen LogP contribution < -0.4 is 0 Å². The van der Waals surface area contributed by atoms with Gasteiger partial charge in [0.25, 0.3) is 11.1 Å². The first-order valence-electron chi connectivity index (χ1n) is 5.59. The van der Waals surface area contributed by atoms with Crippen LogP contribution in [-0.4, -0.2) is 35.7 Å². The third-order valence-corrected chi connectivity index (χ3v) is 3.83. The van der Waals surface area contributed by atoms with E-state index in [-0.39, 0.29) is 11.4 Å². The van der Waals surface area contributed by atoms with Crippen LogP contribution in [0.15, 0.2) is 29.2 Å². The van der Waals surface area contributed by atoms with Crippen LogP contribution >= 0.6 is 23.4 Å². The molecule has 2 rings (SSSR count). The van der Waals surface area contributed by atoms with Gasteiger partial charge in [0, 0.05) is 5.02 Å². The smallest absolute Gasteiger partial charge is 0.325 e. The van der Waals surface area contributed by atoms with Gasteiger partial charge in [0.05, 0.1) is 12.0 Å². The third-order valence-electron chi connectivity index (χ3n) is 2.58. The first-order chi connectivity index (χ1) is 9.52. The minimum Gasteiger partial charge on any atom is -0.468 e. The summed E-state index contributed by atoms with van der Waals surface area (Å²) in [6, 6.07) is 6.96. The second-order valence-electron chi connectivity index (χ2n) is 3.87. The van der Waals surface area contributed by atoms with Crippen molar-refractivity contribution in [2.75, 3.05) is 13.7 Å². The van der Waals surface area contributed by atoms with Crippen LogP contribution in [0.5, 0.6) is 0 Å². The topological polar surface area (TPSA) is 63.7 Å². The van der Waals surface area contributed by atoms with E-state index in [1.807, 2.05) is 0 Å². The van der Waals surface area contributed by atoms with E-state index in [1.54, 1.807) is 24.3 Å². The summed E-state index contributed by atoms with van der Waals surface area (Å²) in [4.78, 5) is 36.0. The first kappa shape index (κ1) is 14.6. The Hall–Kier alpha value is -1.79. The second-order valence-corrected chi connectivity index (χ2v) is 5.27. The Bertz CT molecular complexity index is 614. The maximum absolute atomic E-state index is 12.0. The number of carbonyl (C=O) groups excluding carboxylic acids is 3. The molecular weight excluding hydrogens is 302 g/mol. The van der Waals surface area contributed by atoms with Gasteiger partial charge >= 0.3 is 5.97 Å². The minimum atomic E-state index is -0.647. The van der Waals surface area contributed by atoms with Crippen LogP contribution in [0.1, 0.15) is 5.56 Å². The monoisotopic (exact) mass is 311 g/mol. The van der Waals surface area contributed by atoms with Gasteiger partial charge < -0.3 is 4.74 Å². The molecule has 20 heavy (non-hydrogen) atoms. The minimum absolute atomic E-state index is 0.229. The van der Waals surface area contributed by atoms with Crippen molar-refractivity contribution >= 4 is 46.6 Å². The molecule has 5 nitrogen and oxygen atoms in total. The number of esters is 1. The fourth-order valence-corrected chi connectivity index (χ4v) is 2.58. The third kappa shape index (κ3) is 3.02. The average Bonchev–Trinajstić information content (AvgIpc) is 2.69. The molecule has 0 unspecified atom stereocenters. The molecule has 0 atom stereocenters. The van der Waals surface area contributed by atoms with Crippen molar-refractivity contribution in [2.24, 2.45) is 0 Å². The Morgan fingerprint density at radius 2 is 2.10 bits per heavy atom. The molecule has 0 aromatic heterocycles. The van der Waals surface area contributed by atoms with Gasteiger partial charge in [-0.15, -0.1) is 0 Å². The Labute approximate surface area is 124 Å². The van der Waals surface area contributed by atoms with Crippen molar-refractivity contribution in [2.45, 2.75) is 0 Å². The van der Waals surface area contributed by atoms with Gasteiger partial charge in [0.2, 0.25) is 0 Å². The largest absolute Gasteiger partial charge is 0.468 e. The summed E-state index contributed by atoms with van der Waals surface area (Å²) in [5.41, 5.74) is 0.637. The molecule has 0 bridgehead atoms. The molecule has 0 saturated carbocycles. The summed E-state index contributed by atoms with van der Waals surface area (Å²) in [6.07, 6.45) is 1.53. The molecule has 0 spiro atoms. The number of ether oxygens (including phenoxy) is 1. The number of thioether (sulfide) groups is 1. The van der Waals surface area contributed by atoms with Crippen LogP contribution in [0.2, 0.25) is 5.02 Å². The lowest BCUT2D eigenvalue weighted by Gasteiger charge is -2.09. The van der Waals surface area contributed by atoms with E-state index in [0.29, 0.717) is 10.6 Å².